The number of fused-ring (bicyclic) bond motifs is 11. The molecule has 0 aliphatic heterocycles. The molecule has 0 aliphatic carbocycles. The molecule has 0 saturated carbocycles. The van der Waals surface area contributed by atoms with Crippen molar-refractivity contribution in [3.8, 4) is 44.5 Å². The van der Waals surface area contributed by atoms with E-state index in [0.717, 1.165) is 43.9 Å². The Balaban J connectivity index is 0.830. The van der Waals surface area contributed by atoms with Crippen molar-refractivity contribution in [2.24, 2.45) is 0 Å². The lowest BCUT2D eigenvalue weighted by Crippen LogP contribution is -1.81. The minimum absolute atomic E-state index is 0.925. The average Bonchev–Trinajstić information content (AvgIpc) is 3.99. The molecule has 0 aliphatic rings. The molecule has 8 aromatic carbocycles. The highest BCUT2D eigenvalue weighted by Crippen LogP contribution is 2.46. The minimum atomic E-state index is 0.925. The quantitative estimate of drug-likeness (QED) is 0.181. The SMILES string of the molecule is c1ccc2c(c1)oc1ccc(-c3ccc(-c4ccc5c(c4)sc4c6ccc(-c7ccc(-c8ccc9oc%10ccccc%10c9c8)cc7)cc6sc54)cc3)cc12. The molecule has 0 amide bonds. The van der Waals surface area contributed by atoms with E-state index >= 15 is 0 Å². The van der Waals surface area contributed by atoms with Gasteiger partial charge in [0.05, 0.1) is 9.40 Å². The third kappa shape index (κ3) is 4.64. The first kappa shape index (κ1) is 30.0. The maximum Gasteiger partial charge on any atom is 0.135 e. The van der Waals surface area contributed by atoms with Crippen LogP contribution >= 0.6 is 22.7 Å². The maximum atomic E-state index is 6.05. The maximum absolute atomic E-state index is 6.05. The summed E-state index contributed by atoms with van der Waals surface area (Å²) in [6, 6.07) is 61.3. The molecule has 0 radical (unpaired) electrons. The van der Waals surface area contributed by atoms with Gasteiger partial charge in [-0.1, -0.05) is 121 Å². The highest BCUT2D eigenvalue weighted by Gasteiger charge is 2.15. The molecule has 0 spiro atoms. The second-order valence-electron chi connectivity index (χ2n) is 14.1. The zero-order valence-electron chi connectivity index (χ0n) is 28.8. The molecule has 0 unspecified atom stereocenters. The number of hydrogen-bond donors (Lipinski definition) is 0. The second kappa shape index (κ2) is 11.5. The van der Waals surface area contributed by atoms with Gasteiger partial charge in [0.1, 0.15) is 22.3 Å². The summed E-state index contributed by atoms with van der Waals surface area (Å²) in [4.78, 5) is 0. The van der Waals surface area contributed by atoms with Gasteiger partial charge in [-0.2, -0.15) is 0 Å². The topological polar surface area (TPSA) is 26.3 Å². The van der Waals surface area contributed by atoms with E-state index < -0.39 is 0 Å². The molecule has 252 valence electrons. The molecule has 4 heterocycles. The van der Waals surface area contributed by atoms with Gasteiger partial charge >= 0.3 is 0 Å². The summed E-state index contributed by atoms with van der Waals surface area (Å²) in [6.07, 6.45) is 0. The Morgan fingerprint density at radius 1 is 0.259 bits per heavy atom. The predicted molar refractivity (Wildman–Crippen MR) is 231 cm³/mol. The first-order valence-corrected chi connectivity index (χ1v) is 19.8. The Bertz CT molecular complexity index is 3200. The van der Waals surface area contributed by atoms with Gasteiger partial charge in [0.15, 0.2) is 0 Å². The van der Waals surface area contributed by atoms with Crippen molar-refractivity contribution >= 4 is 96.1 Å². The van der Waals surface area contributed by atoms with Gasteiger partial charge in [0, 0.05) is 41.7 Å². The van der Waals surface area contributed by atoms with Crippen molar-refractivity contribution in [2.75, 3.05) is 0 Å². The molecule has 0 saturated heterocycles. The van der Waals surface area contributed by atoms with Crippen molar-refractivity contribution < 1.29 is 8.83 Å². The van der Waals surface area contributed by atoms with E-state index in [9.17, 15) is 0 Å². The Hall–Kier alpha value is -6.46. The van der Waals surface area contributed by atoms with Gasteiger partial charge in [0.2, 0.25) is 0 Å². The summed E-state index contributed by atoms with van der Waals surface area (Å²) in [6.45, 7) is 0. The van der Waals surface area contributed by atoms with Crippen molar-refractivity contribution in [1.82, 2.24) is 0 Å². The number of para-hydroxylation sites is 2. The lowest BCUT2D eigenvalue weighted by molar-refractivity contribution is 0.668. The van der Waals surface area contributed by atoms with E-state index in [1.807, 2.05) is 46.9 Å². The van der Waals surface area contributed by atoms with Gasteiger partial charge in [-0.3, -0.25) is 0 Å². The molecule has 0 bridgehead atoms. The van der Waals surface area contributed by atoms with Crippen molar-refractivity contribution in [3.05, 3.63) is 170 Å². The van der Waals surface area contributed by atoms with E-state index in [4.69, 9.17) is 8.83 Å². The molecule has 0 N–H and O–H groups in total. The third-order valence-corrected chi connectivity index (χ3v) is 13.4. The zero-order chi connectivity index (χ0) is 35.3. The molecule has 0 fully saturated rings. The van der Waals surface area contributed by atoms with Crippen LogP contribution in [0.3, 0.4) is 0 Å². The average molecular weight is 725 g/mol. The fraction of sp³-hybridized carbons (Fsp3) is 0. The van der Waals surface area contributed by atoms with Crippen molar-refractivity contribution in [3.63, 3.8) is 0 Å². The fourth-order valence-electron chi connectivity index (χ4n) is 8.14. The van der Waals surface area contributed by atoms with Crippen LogP contribution in [0.1, 0.15) is 0 Å². The largest absolute Gasteiger partial charge is 0.456 e. The van der Waals surface area contributed by atoms with Crippen LogP contribution in [-0.2, 0) is 0 Å². The molecule has 2 nitrogen and oxygen atoms in total. The van der Waals surface area contributed by atoms with Crippen LogP contribution in [0.4, 0.5) is 0 Å². The highest BCUT2D eigenvalue weighted by molar-refractivity contribution is 7.36. The monoisotopic (exact) mass is 724 g/mol. The molecular weight excluding hydrogens is 697 g/mol. The van der Waals surface area contributed by atoms with Crippen molar-refractivity contribution in [1.29, 1.82) is 0 Å². The molecule has 4 aromatic heterocycles. The first-order valence-electron chi connectivity index (χ1n) is 18.1. The number of hydrogen-bond acceptors (Lipinski definition) is 4. The van der Waals surface area contributed by atoms with E-state index in [1.54, 1.807) is 0 Å². The van der Waals surface area contributed by atoms with Crippen LogP contribution in [-0.4, -0.2) is 0 Å². The Kier molecular flexibility index (Phi) is 6.41. The van der Waals surface area contributed by atoms with Gasteiger partial charge < -0.3 is 8.83 Å². The molecule has 12 rings (SSSR count). The summed E-state index contributed by atoms with van der Waals surface area (Å²) in [5, 5.41) is 7.30. The second-order valence-corrected chi connectivity index (χ2v) is 16.2. The highest BCUT2D eigenvalue weighted by atomic mass is 32.1. The van der Waals surface area contributed by atoms with Crippen LogP contribution in [0.5, 0.6) is 0 Å². The molecular formula is C50H28O2S2. The number of furan rings is 2. The van der Waals surface area contributed by atoms with E-state index in [1.165, 1.54) is 74.1 Å². The summed E-state index contributed by atoms with van der Waals surface area (Å²) in [5.74, 6) is 0. The minimum Gasteiger partial charge on any atom is -0.456 e. The van der Waals surface area contributed by atoms with Gasteiger partial charge in [-0.25, -0.2) is 0 Å². The summed E-state index contributed by atoms with van der Waals surface area (Å²) < 4.78 is 17.5. The molecule has 4 heteroatoms. The van der Waals surface area contributed by atoms with E-state index in [2.05, 4.69) is 146 Å². The molecule has 12 aromatic rings. The number of benzene rings is 8. The molecule has 54 heavy (non-hydrogen) atoms. The van der Waals surface area contributed by atoms with E-state index in [-0.39, 0.29) is 0 Å². The number of rotatable bonds is 4. The normalized spacial score (nSPS) is 12.1. The summed E-state index contributed by atoms with van der Waals surface area (Å²) in [5.41, 5.74) is 13.4. The van der Waals surface area contributed by atoms with Crippen LogP contribution in [0.15, 0.2) is 179 Å². The van der Waals surface area contributed by atoms with Gasteiger partial charge in [-0.05, 0) is 93.0 Å². The third-order valence-electron chi connectivity index (χ3n) is 10.9. The summed E-state index contributed by atoms with van der Waals surface area (Å²) >= 11 is 3.81. The van der Waals surface area contributed by atoms with Gasteiger partial charge in [-0.15, -0.1) is 22.7 Å². The lowest BCUT2D eigenvalue weighted by atomic mass is 9.98. The van der Waals surface area contributed by atoms with Crippen LogP contribution in [0.25, 0.3) is 118 Å². The smallest absolute Gasteiger partial charge is 0.135 e. The summed E-state index contributed by atoms with van der Waals surface area (Å²) in [7, 11) is 0. The fourth-order valence-corrected chi connectivity index (χ4v) is 10.9. The van der Waals surface area contributed by atoms with E-state index in [0.29, 0.717) is 0 Å². The van der Waals surface area contributed by atoms with Crippen LogP contribution in [0.2, 0.25) is 0 Å². The lowest BCUT2D eigenvalue weighted by Gasteiger charge is -2.06. The Labute approximate surface area is 317 Å². The Morgan fingerprint density at radius 3 is 1.02 bits per heavy atom. The van der Waals surface area contributed by atoms with Crippen LogP contribution < -0.4 is 0 Å². The zero-order valence-corrected chi connectivity index (χ0v) is 30.4. The standard InChI is InChI=1S/C50H28O2S2/c1-3-7-43-37(5-1)41-25-33(19-23-45(41)51-43)29-9-13-31(14-10-29)35-17-21-39-47(27-35)53-50-40-22-18-36(28-48(40)54-49(39)50)32-15-11-30(12-16-32)34-20-24-46-42(26-34)38-6-2-4-8-44(38)52-46/h1-28H. The van der Waals surface area contributed by atoms with Crippen LogP contribution in [0, 0.1) is 0 Å². The van der Waals surface area contributed by atoms with Gasteiger partial charge in [0.25, 0.3) is 0 Å². The molecule has 0 atom stereocenters. The predicted octanol–water partition coefficient (Wildman–Crippen LogP) is 15.7. The number of thiophene rings is 2. The Morgan fingerprint density at radius 2 is 0.593 bits per heavy atom. The first-order chi connectivity index (χ1) is 26.7. The van der Waals surface area contributed by atoms with Crippen molar-refractivity contribution in [2.45, 2.75) is 0 Å².